The first-order valence-corrected chi connectivity index (χ1v) is 6.93. The molecule has 4 nitrogen and oxygen atoms in total. The van der Waals surface area contributed by atoms with Crippen LogP contribution in [-0.2, 0) is 6.54 Å². The molecule has 0 amide bonds. The van der Waals surface area contributed by atoms with Crippen molar-refractivity contribution in [3.05, 3.63) is 52.6 Å². The quantitative estimate of drug-likeness (QED) is 0.797. The molecule has 0 saturated heterocycles. The molecule has 5 heteroatoms. The summed E-state index contributed by atoms with van der Waals surface area (Å²) in [5.41, 5.74) is 2.02. The Labute approximate surface area is 124 Å². The molecule has 0 saturated carbocycles. The molecule has 20 heavy (non-hydrogen) atoms. The summed E-state index contributed by atoms with van der Waals surface area (Å²) in [6, 6.07) is 11.2. The lowest BCUT2D eigenvalue weighted by Gasteiger charge is -2.06. The van der Waals surface area contributed by atoms with Gasteiger partial charge in [-0.1, -0.05) is 12.1 Å². The third-order valence-electron chi connectivity index (χ3n) is 3.19. The van der Waals surface area contributed by atoms with Gasteiger partial charge >= 0.3 is 0 Å². The molecule has 0 fully saturated rings. The lowest BCUT2D eigenvalue weighted by molar-refractivity contribution is 0.414. The van der Waals surface area contributed by atoms with E-state index in [0.29, 0.717) is 6.54 Å². The van der Waals surface area contributed by atoms with Crippen molar-refractivity contribution in [1.82, 2.24) is 9.78 Å². The SMILES string of the molecule is COc1ccc(Cn2ncc3c(Br)cc(O)cc32)cc1. The lowest BCUT2D eigenvalue weighted by Crippen LogP contribution is -2.01. The number of ether oxygens (including phenoxy) is 1. The average Bonchev–Trinajstić information content (AvgIpc) is 2.83. The normalized spacial score (nSPS) is 10.9. The standard InChI is InChI=1S/C15H13BrN2O2/c1-20-12-4-2-10(3-5-12)9-18-15-7-11(19)6-14(16)13(15)8-17-18/h2-8,19H,9H2,1H3. The van der Waals surface area contributed by atoms with Crippen molar-refractivity contribution in [2.24, 2.45) is 0 Å². The molecular formula is C15H13BrN2O2. The summed E-state index contributed by atoms with van der Waals surface area (Å²) in [5, 5.41) is 15.1. The third kappa shape index (κ3) is 2.36. The minimum absolute atomic E-state index is 0.223. The first kappa shape index (κ1) is 13.0. The number of nitrogens with zero attached hydrogens (tertiary/aromatic N) is 2. The summed E-state index contributed by atoms with van der Waals surface area (Å²) in [7, 11) is 1.65. The Balaban J connectivity index is 1.97. The second-order valence-corrected chi connectivity index (χ2v) is 5.37. The Hall–Kier alpha value is -2.01. The molecule has 3 rings (SSSR count). The zero-order valence-electron chi connectivity index (χ0n) is 10.9. The number of fused-ring (bicyclic) bond motifs is 1. The molecule has 2 aromatic carbocycles. The maximum atomic E-state index is 9.70. The molecule has 0 unspecified atom stereocenters. The zero-order valence-corrected chi connectivity index (χ0v) is 12.5. The van der Waals surface area contributed by atoms with Gasteiger partial charge in [-0.05, 0) is 39.7 Å². The number of hydrogen-bond donors (Lipinski definition) is 1. The van der Waals surface area contributed by atoms with Crippen LogP contribution < -0.4 is 4.74 Å². The molecule has 0 aliphatic heterocycles. The van der Waals surface area contributed by atoms with Crippen LogP contribution in [0.5, 0.6) is 11.5 Å². The number of methoxy groups -OCH3 is 1. The highest BCUT2D eigenvalue weighted by atomic mass is 79.9. The molecule has 0 atom stereocenters. The van der Waals surface area contributed by atoms with E-state index in [9.17, 15) is 5.11 Å². The number of benzene rings is 2. The highest BCUT2D eigenvalue weighted by Crippen LogP contribution is 2.29. The van der Waals surface area contributed by atoms with Crippen LogP contribution >= 0.6 is 15.9 Å². The van der Waals surface area contributed by atoms with Gasteiger partial charge in [0.05, 0.1) is 25.4 Å². The molecule has 0 radical (unpaired) electrons. The number of phenolic OH excluding ortho intramolecular Hbond substituents is 1. The van der Waals surface area contributed by atoms with Crippen molar-refractivity contribution in [2.45, 2.75) is 6.54 Å². The van der Waals surface area contributed by atoms with Crippen LogP contribution in [0.4, 0.5) is 0 Å². The smallest absolute Gasteiger partial charge is 0.118 e. The minimum atomic E-state index is 0.223. The Kier molecular flexibility index (Phi) is 3.36. The minimum Gasteiger partial charge on any atom is -0.508 e. The zero-order chi connectivity index (χ0) is 14.1. The fourth-order valence-corrected chi connectivity index (χ4v) is 2.69. The Morgan fingerprint density at radius 2 is 2.00 bits per heavy atom. The van der Waals surface area contributed by atoms with Crippen LogP contribution in [0.25, 0.3) is 10.9 Å². The molecule has 0 aliphatic carbocycles. The molecule has 102 valence electrons. The summed E-state index contributed by atoms with van der Waals surface area (Å²) < 4.78 is 7.85. The predicted molar refractivity (Wildman–Crippen MR) is 81.2 cm³/mol. The highest BCUT2D eigenvalue weighted by Gasteiger charge is 2.08. The van der Waals surface area contributed by atoms with Gasteiger partial charge in [0.15, 0.2) is 0 Å². The van der Waals surface area contributed by atoms with Crippen LogP contribution in [0.1, 0.15) is 5.56 Å². The van der Waals surface area contributed by atoms with E-state index >= 15 is 0 Å². The van der Waals surface area contributed by atoms with E-state index in [2.05, 4.69) is 21.0 Å². The van der Waals surface area contributed by atoms with Crippen molar-refractivity contribution < 1.29 is 9.84 Å². The molecule has 1 N–H and O–H groups in total. The van der Waals surface area contributed by atoms with Crippen molar-refractivity contribution in [2.75, 3.05) is 7.11 Å². The Bertz CT molecular complexity index is 750. The van der Waals surface area contributed by atoms with Gasteiger partial charge in [-0.3, -0.25) is 4.68 Å². The predicted octanol–water partition coefficient (Wildman–Crippen LogP) is 3.56. The van der Waals surface area contributed by atoms with E-state index in [0.717, 1.165) is 26.7 Å². The van der Waals surface area contributed by atoms with Crippen LogP contribution in [0, 0.1) is 0 Å². The highest BCUT2D eigenvalue weighted by molar-refractivity contribution is 9.10. The summed E-state index contributed by atoms with van der Waals surface area (Å²) in [6.45, 7) is 0.642. The molecule has 1 aromatic heterocycles. The van der Waals surface area contributed by atoms with E-state index in [-0.39, 0.29) is 5.75 Å². The van der Waals surface area contributed by atoms with Crippen LogP contribution in [-0.4, -0.2) is 22.0 Å². The van der Waals surface area contributed by atoms with Gasteiger partial charge < -0.3 is 9.84 Å². The van der Waals surface area contributed by atoms with Gasteiger partial charge in [-0.15, -0.1) is 0 Å². The van der Waals surface area contributed by atoms with Crippen molar-refractivity contribution >= 4 is 26.8 Å². The molecule has 0 bridgehead atoms. The Morgan fingerprint density at radius 3 is 2.70 bits per heavy atom. The van der Waals surface area contributed by atoms with Crippen LogP contribution in [0.2, 0.25) is 0 Å². The van der Waals surface area contributed by atoms with E-state index in [1.54, 1.807) is 25.4 Å². The summed E-state index contributed by atoms with van der Waals surface area (Å²) in [4.78, 5) is 0. The van der Waals surface area contributed by atoms with Crippen molar-refractivity contribution in [3.8, 4) is 11.5 Å². The van der Waals surface area contributed by atoms with Crippen LogP contribution in [0.3, 0.4) is 0 Å². The van der Waals surface area contributed by atoms with Crippen molar-refractivity contribution in [3.63, 3.8) is 0 Å². The first-order chi connectivity index (χ1) is 9.67. The molecule has 0 spiro atoms. The molecular weight excluding hydrogens is 320 g/mol. The second-order valence-electron chi connectivity index (χ2n) is 4.51. The first-order valence-electron chi connectivity index (χ1n) is 6.14. The van der Waals surface area contributed by atoms with Crippen LogP contribution in [0.15, 0.2) is 47.1 Å². The second kappa shape index (κ2) is 5.17. The average molecular weight is 333 g/mol. The van der Waals surface area contributed by atoms with Gasteiger partial charge in [0.2, 0.25) is 0 Å². The lowest BCUT2D eigenvalue weighted by atomic mass is 10.2. The van der Waals surface area contributed by atoms with Crippen molar-refractivity contribution in [1.29, 1.82) is 0 Å². The van der Waals surface area contributed by atoms with E-state index in [4.69, 9.17) is 4.74 Å². The molecule has 3 aromatic rings. The third-order valence-corrected chi connectivity index (χ3v) is 3.84. The maximum Gasteiger partial charge on any atom is 0.118 e. The fraction of sp³-hybridized carbons (Fsp3) is 0.133. The largest absolute Gasteiger partial charge is 0.508 e. The summed E-state index contributed by atoms with van der Waals surface area (Å²) in [5.74, 6) is 1.06. The van der Waals surface area contributed by atoms with Gasteiger partial charge in [-0.2, -0.15) is 5.10 Å². The van der Waals surface area contributed by atoms with Gasteiger partial charge in [0.1, 0.15) is 11.5 Å². The summed E-state index contributed by atoms with van der Waals surface area (Å²) in [6.07, 6.45) is 1.79. The van der Waals surface area contributed by atoms with E-state index in [1.165, 1.54) is 0 Å². The van der Waals surface area contributed by atoms with Gasteiger partial charge in [0, 0.05) is 15.9 Å². The monoisotopic (exact) mass is 332 g/mol. The summed E-state index contributed by atoms with van der Waals surface area (Å²) >= 11 is 3.44. The maximum absolute atomic E-state index is 9.70. The van der Waals surface area contributed by atoms with E-state index in [1.807, 2.05) is 28.9 Å². The number of halogens is 1. The Morgan fingerprint density at radius 1 is 1.25 bits per heavy atom. The number of hydrogen-bond acceptors (Lipinski definition) is 3. The number of phenols is 1. The molecule has 1 heterocycles. The van der Waals surface area contributed by atoms with Gasteiger partial charge in [0.25, 0.3) is 0 Å². The van der Waals surface area contributed by atoms with Gasteiger partial charge in [-0.25, -0.2) is 0 Å². The topological polar surface area (TPSA) is 47.3 Å². The fourth-order valence-electron chi connectivity index (χ4n) is 2.15. The molecule has 0 aliphatic rings. The number of aromatic hydroxyl groups is 1. The number of aromatic nitrogens is 2. The number of rotatable bonds is 3. The van der Waals surface area contributed by atoms with E-state index < -0.39 is 0 Å².